The van der Waals surface area contributed by atoms with Gasteiger partial charge in [-0.2, -0.15) is 0 Å². The zero-order valence-corrected chi connectivity index (χ0v) is 8.75. The number of aromatic amines is 1. The summed E-state index contributed by atoms with van der Waals surface area (Å²) < 4.78 is 2.09. The lowest BCUT2D eigenvalue weighted by Crippen LogP contribution is -2.03. The van der Waals surface area contributed by atoms with Gasteiger partial charge in [0.1, 0.15) is 0 Å². The number of fused-ring (bicyclic) bond motifs is 1. The van der Waals surface area contributed by atoms with Crippen LogP contribution in [-0.2, 0) is 0 Å². The molecule has 0 aliphatic rings. The molecule has 0 aliphatic carbocycles. The Hall–Kier alpha value is -0.610. The zero-order valence-electron chi connectivity index (χ0n) is 6.35. The van der Waals surface area contributed by atoms with E-state index in [-0.39, 0.29) is 5.56 Å². The van der Waals surface area contributed by atoms with Gasteiger partial charge in [0.2, 0.25) is 5.56 Å². The predicted octanol–water partition coefficient (Wildman–Crippen LogP) is 2.66. The van der Waals surface area contributed by atoms with Crippen LogP contribution in [0.25, 0.3) is 10.1 Å². The van der Waals surface area contributed by atoms with E-state index < -0.39 is 0 Å². The molecule has 0 amide bonds. The quantitative estimate of drug-likeness (QED) is 0.759. The first kappa shape index (κ1) is 8.01. The van der Waals surface area contributed by atoms with Gasteiger partial charge in [0, 0.05) is 21.8 Å². The van der Waals surface area contributed by atoms with Crippen LogP contribution in [-0.4, -0.2) is 4.98 Å². The van der Waals surface area contributed by atoms with E-state index in [1.54, 1.807) is 17.4 Å². The molecule has 0 saturated carbocycles. The van der Waals surface area contributed by atoms with Crippen molar-refractivity contribution in [1.82, 2.24) is 4.98 Å². The summed E-state index contributed by atoms with van der Waals surface area (Å²) in [7, 11) is 0. The molecule has 0 fully saturated rings. The predicted molar refractivity (Wildman–Crippen MR) is 54.9 cm³/mol. The molecule has 0 atom stereocenters. The molecule has 0 aliphatic heterocycles. The maximum Gasteiger partial charge on any atom is 0.249 e. The summed E-state index contributed by atoms with van der Waals surface area (Å²) >= 11 is 4.96. The molecule has 2 heterocycles. The summed E-state index contributed by atoms with van der Waals surface area (Å²) in [5, 5.41) is 1.12. The van der Waals surface area contributed by atoms with Gasteiger partial charge in [0.25, 0.3) is 0 Å². The molecule has 1 N–H and O–H groups in total. The lowest BCUT2D eigenvalue weighted by molar-refractivity contribution is 1.18. The summed E-state index contributed by atoms with van der Waals surface area (Å²) in [6.07, 6.45) is 0. The van der Waals surface area contributed by atoms with E-state index >= 15 is 0 Å². The van der Waals surface area contributed by atoms with E-state index in [0.717, 1.165) is 19.6 Å². The van der Waals surface area contributed by atoms with Gasteiger partial charge in [0.15, 0.2) is 0 Å². The zero-order chi connectivity index (χ0) is 8.72. The highest BCUT2D eigenvalue weighted by Gasteiger charge is 2.02. The summed E-state index contributed by atoms with van der Waals surface area (Å²) in [6.45, 7) is 1.91. The van der Waals surface area contributed by atoms with Crippen molar-refractivity contribution in [3.8, 4) is 0 Å². The summed E-state index contributed by atoms with van der Waals surface area (Å²) in [6, 6.07) is 3.64. The van der Waals surface area contributed by atoms with E-state index in [4.69, 9.17) is 0 Å². The Bertz CT molecular complexity index is 485. The fourth-order valence-corrected chi connectivity index (χ4v) is 2.81. The van der Waals surface area contributed by atoms with Crippen molar-refractivity contribution in [2.45, 2.75) is 6.92 Å². The summed E-state index contributed by atoms with van der Waals surface area (Å²) in [5.41, 5.74) is 0.897. The van der Waals surface area contributed by atoms with Crippen LogP contribution in [0.1, 0.15) is 5.69 Å². The number of hydrogen-bond acceptors (Lipinski definition) is 2. The molecule has 2 rings (SSSR count). The lowest BCUT2D eigenvalue weighted by atomic mass is 10.3. The molecule has 0 radical (unpaired) electrons. The Labute approximate surface area is 81.4 Å². The third kappa shape index (κ3) is 1.21. The smallest absolute Gasteiger partial charge is 0.249 e. The first-order valence-electron chi connectivity index (χ1n) is 3.46. The average molecular weight is 244 g/mol. The third-order valence-electron chi connectivity index (χ3n) is 1.71. The van der Waals surface area contributed by atoms with Gasteiger partial charge in [-0.25, -0.2) is 0 Å². The van der Waals surface area contributed by atoms with E-state index in [0.29, 0.717) is 0 Å². The molecule has 12 heavy (non-hydrogen) atoms. The molecular formula is C8H6BrNOS. The Balaban J connectivity index is 2.97. The van der Waals surface area contributed by atoms with Crippen LogP contribution in [0.5, 0.6) is 0 Å². The van der Waals surface area contributed by atoms with Crippen LogP contribution in [0.2, 0.25) is 0 Å². The van der Waals surface area contributed by atoms with Crippen LogP contribution >= 0.6 is 27.3 Å². The highest BCUT2D eigenvalue weighted by atomic mass is 79.9. The van der Waals surface area contributed by atoms with Gasteiger partial charge < -0.3 is 4.98 Å². The monoisotopic (exact) mass is 243 g/mol. The van der Waals surface area contributed by atoms with Crippen LogP contribution in [0.3, 0.4) is 0 Å². The highest BCUT2D eigenvalue weighted by molar-refractivity contribution is 9.11. The molecule has 0 aromatic carbocycles. The standard InChI is InChI=1S/C8H6BrNOS/c1-4-5-2-7(9)12-6(5)3-8(11)10-4/h2-3H,1H3,(H,10,11). The number of nitrogens with one attached hydrogen (secondary N) is 1. The number of aromatic nitrogens is 1. The number of hydrogen-bond donors (Lipinski definition) is 1. The molecule has 0 spiro atoms. The van der Waals surface area contributed by atoms with Crippen molar-refractivity contribution >= 4 is 37.4 Å². The minimum absolute atomic E-state index is 0.0330. The van der Waals surface area contributed by atoms with E-state index in [9.17, 15) is 4.79 Å². The van der Waals surface area contributed by atoms with Crippen molar-refractivity contribution in [2.75, 3.05) is 0 Å². The number of pyridine rings is 1. The van der Waals surface area contributed by atoms with E-state index in [2.05, 4.69) is 20.9 Å². The van der Waals surface area contributed by atoms with E-state index in [1.165, 1.54) is 0 Å². The number of aryl methyl sites for hydroxylation is 1. The van der Waals surface area contributed by atoms with Crippen molar-refractivity contribution in [3.63, 3.8) is 0 Å². The molecule has 4 heteroatoms. The number of H-pyrrole nitrogens is 1. The third-order valence-corrected chi connectivity index (χ3v) is 3.29. The van der Waals surface area contributed by atoms with Crippen LogP contribution in [0.15, 0.2) is 20.7 Å². The summed E-state index contributed by atoms with van der Waals surface area (Å²) in [5.74, 6) is 0. The second-order valence-corrected chi connectivity index (χ2v) is 5.05. The van der Waals surface area contributed by atoms with Gasteiger partial charge >= 0.3 is 0 Å². The second kappa shape index (κ2) is 2.71. The SMILES string of the molecule is Cc1[nH]c(=O)cc2sc(Br)cc12. The fraction of sp³-hybridized carbons (Fsp3) is 0.125. The largest absolute Gasteiger partial charge is 0.326 e. The van der Waals surface area contributed by atoms with Gasteiger partial charge in [-0.15, -0.1) is 11.3 Å². The Kier molecular flexibility index (Phi) is 1.81. The molecule has 0 bridgehead atoms. The lowest BCUT2D eigenvalue weighted by Gasteiger charge is -1.92. The highest BCUT2D eigenvalue weighted by Crippen LogP contribution is 2.29. The normalized spacial score (nSPS) is 10.8. The van der Waals surface area contributed by atoms with Crippen LogP contribution < -0.4 is 5.56 Å². The maximum atomic E-state index is 11.0. The molecule has 62 valence electrons. The molecule has 0 unspecified atom stereocenters. The molecule has 2 aromatic heterocycles. The number of thiophene rings is 1. The van der Waals surface area contributed by atoms with Crippen molar-refractivity contribution in [1.29, 1.82) is 0 Å². The van der Waals surface area contributed by atoms with Gasteiger partial charge in [0.05, 0.1) is 3.79 Å². The first-order chi connectivity index (χ1) is 5.66. The maximum absolute atomic E-state index is 11.0. The molecule has 2 aromatic rings. The average Bonchev–Trinajstić information content (AvgIpc) is 2.29. The van der Waals surface area contributed by atoms with Crippen molar-refractivity contribution in [2.24, 2.45) is 0 Å². The van der Waals surface area contributed by atoms with Crippen LogP contribution in [0.4, 0.5) is 0 Å². The Morgan fingerprint density at radius 2 is 2.25 bits per heavy atom. The molecule has 2 nitrogen and oxygen atoms in total. The van der Waals surface area contributed by atoms with Gasteiger partial charge in [-0.3, -0.25) is 4.79 Å². The van der Waals surface area contributed by atoms with Crippen LogP contribution in [0, 0.1) is 6.92 Å². The van der Waals surface area contributed by atoms with Gasteiger partial charge in [-0.05, 0) is 28.9 Å². The summed E-state index contributed by atoms with van der Waals surface area (Å²) in [4.78, 5) is 13.8. The first-order valence-corrected chi connectivity index (χ1v) is 5.07. The van der Waals surface area contributed by atoms with Crippen molar-refractivity contribution in [3.05, 3.63) is 32.0 Å². The fourth-order valence-electron chi connectivity index (χ4n) is 1.18. The van der Waals surface area contributed by atoms with Gasteiger partial charge in [-0.1, -0.05) is 0 Å². The molecular weight excluding hydrogens is 238 g/mol. The van der Waals surface area contributed by atoms with E-state index in [1.807, 2.05) is 13.0 Å². The van der Waals surface area contributed by atoms with Crippen molar-refractivity contribution < 1.29 is 0 Å². The number of halogens is 1. The minimum Gasteiger partial charge on any atom is -0.326 e. The Morgan fingerprint density at radius 3 is 3.00 bits per heavy atom. The number of rotatable bonds is 0. The molecule has 0 saturated heterocycles. The Morgan fingerprint density at radius 1 is 1.50 bits per heavy atom. The minimum atomic E-state index is -0.0330. The second-order valence-electron chi connectivity index (χ2n) is 2.59. The topological polar surface area (TPSA) is 32.9 Å².